The third-order valence-corrected chi connectivity index (χ3v) is 5.36. The zero-order chi connectivity index (χ0) is 10.6. The summed E-state index contributed by atoms with van der Waals surface area (Å²) in [6.07, 6.45) is 2.07. The molecule has 14 heavy (non-hydrogen) atoms. The van der Waals surface area contributed by atoms with E-state index in [1.54, 1.807) is 0 Å². The molecule has 1 aromatic rings. The van der Waals surface area contributed by atoms with Crippen molar-refractivity contribution in [2.24, 2.45) is 0 Å². The van der Waals surface area contributed by atoms with Crippen molar-refractivity contribution in [3.8, 4) is 0 Å². The van der Waals surface area contributed by atoms with Crippen LogP contribution in [-0.4, -0.2) is 8.07 Å². The lowest BCUT2D eigenvalue weighted by Crippen LogP contribution is -2.28. The van der Waals surface area contributed by atoms with Crippen molar-refractivity contribution in [2.75, 3.05) is 0 Å². The second-order valence-electron chi connectivity index (χ2n) is 4.76. The van der Waals surface area contributed by atoms with Gasteiger partial charge in [0.25, 0.3) is 0 Å². The Morgan fingerprint density at radius 2 is 1.93 bits per heavy atom. The maximum Gasteiger partial charge on any atom is 0.0555 e. The first-order valence-corrected chi connectivity index (χ1v) is 8.62. The van der Waals surface area contributed by atoms with Gasteiger partial charge in [-0.1, -0.05) is 43.4 Å². The van der Waals surface area contributed by atoms with Crippen LogP contribution < -0.4 is 0 Å². The molecule has 0 nitrogen and oxygen atoms in total. The van der Waals surface area contributed by atoms with Crippen molar-refractivity contribution < 1.29 is 0 Å². The Bertz CT molecular complexity index is 313. The van der Waals surface area contributed by atoms with Gasteiger partial charge in [0.1, 0.15) is 0 Å². The van der Waals surface area contributed by atoms with Crippen LogP contribution in [0.4, 0.5) is 0 Å². The summed E-state index contributed by atoms with van der Waals surface area (Å²) in [6, 6.07) is 11.2. The lowest BCUT2D eigenvalue weighted by Gasteiger charge is -2.21. The van der Waals surface area contributed by atoms with Crippen LogP contribution in [0.3, 0.4) is 0 Å². The molecule has 0 radical (unpaired) electrons. The second kappa shape index (κ2) is 4.60. The molecule has 0 fully saturated rings. The molecule has 0 amide bonds. The maximum atomic E-state index is 3.84. The van der Waals surface area contributed by atoms with Crippen molar-refractivity contribution in [1.29, 1.82) is 0 Å². The summed E-state index contributed by atoms with van der Waals surface area (Å²) >= 11 is 0. The van der Waals surface area contributed by atoms with E-state index in [0.29, 0.717) is 0 Å². The average Bonchev–Trinajstić information content (AvgIpc) is 2.08. The van der Waals surface area contributed by atoms with E-state index in [2.05, 4.69) is 56.9 Å². The van der Waals surface area contributed by atoms with E-state index >= 15 is 0 Å². The van der Waals surface area contributed by atoms with Gasteiger partial charge < -0.3 is 0 Å². The number of hydrogen-bond donors (Lipinski definition) is 0. The normalized spacial score (nSPS) is 11.4. The van der Waals surface area contributed by atoms with Gasteiger partial charge in [-0.15, -0.1) is 6.58 Å². The number of rotatable bonds is 4. The van der Waals surface area contributed by atoms with Crippen LogP contribution in [0.15, 0.2) is 36.9 Å². The van der Waals surface area contributed by atoms with E-state index in [1.807, 2.05) is 0 Å². The predicted octanol–water partition coefficient (Wildman–Crippen LogP) is 3.97. The summed E-state index contributed by atoms with van der Waals surface area (Å²) in [5.41, 5.74) is 2.95. The lowest BCUT2D eigenvalue weighted by molar-refractivity contribution is 1.23. The molecule has 0 aliphatic rings. The Balaban J connectivity index is 2.78. The number of allylic oxidation sites excluding steroid dienone is 1. The monoisotopic (exact) mass is 204 g/mol. The molecule has 0 aromatic heterocycles. The first-order valence-electron chi connectivity index (χ1n) is 5.20. The molecule has 0 aliphatic heterocycles. The van der Waals surface area contributed by atoms with Crippen molar-refractivity contribution in [1.82, 2.24) is 0 Å². The SMILES string of the molecule is C=CC[Si](C)(C)Cc1ccccc1C. The third-order valence-electron chi connectivity index (χ3n) is 2.63. The Morgan fingerprint density at radius 1 is 1.29 bits per heavy atom. The second-order valence-corrected chi connectivity index (χ2v) is 9.85. The van der Waals surface area contributed by atoms with E-state index < -0.39 is 8.07 Å². The molecule has 0 saturated carbocycles. The minimum Gasteiger partial charge on any atom is -0.103 e. The Labute approximate surface area is 88.7 Å². The highest BCUT2D eigenvalue weighted by atomic mass is 28.3. The van der Waals surface area contributed by atoms with Crippen molar-refractivity contribution in [3.05, 3.63) is 48.0 Å². The fourth-order valence-corrected chi connectivity index (χ4v) is 4.14. The highest BCUT2D eigenvalue weighted by molar-refractivity contribution is 6.77. The van der Waals surface area contributed by atoms with E-state index in [9.17, 15) is 0 Å². The molecule has 0 unspecified atom stereocenters. The number of hydrogen-bond acceptors (Lipinski definition) is 0. The quantitative estimate of drug-likeness (QED) is 0.514. The number of benzene rings is 1. The molecule has 0 aliphatic carbocycles. The first kappa shape index (κ1) is 11.3. The Hall–Kier alpha value is -0.823. The molecule has 0 N–H and O–H groups in total. The van der Waals surface area contributed by atoms with E-state index in [4.69, 9.17) is 0 Å². The summed E-state index contributed by atoms with van der Waals surface area (Å²) in [6.45, 7) is 10.9. The van der Waals surface area contributed by atoms with Crippen LogP contribution in [0, 0.1) is 6.92 Å². The van der Waals surface area contributed by atoms with Gasteiger partial charge in [-0.2, -0.15) is 0 Å². The Kier molecular flexibility index (Phi) is 3.70. The minimum atomic E-state index is -1.09. The molecule has 0 bridgehead atoms. The van der Waals surface area contributed by atoms with Crippen molar-refractivity contribution >= 4 is 8.07 Å². The topological polar surface area (TPSA) is 0 Å². The van der Waals surface area contributed by atoms with Crippen molar-refractivity contribution in [3.63, 3.8) is 0 Å². The maximum absolute atomic E-state index is 3.84. The summed E-state index contributed by atoms with van der Waals surface area (Å²) in [5, 5.41) is 0. The van der Waals surface area contributed by atoms with Gasteiger partial charge in [0.15, 0.2) is 0 Å². The summed E-state index contributed by atoms with van der Waals surface area (Å²) < 4.78 is 0. The molecule has 76 valence electrons. The molecule has 1 heteroatoms. The molecule has 1 rings (SSSR count). The average molecular weight is 204 g/mol. The van der Waals surface area contributed by atoms with Gasteiger partial charge in [-0.25, -0.2) is 0 Å². The van der Waals surface area contributed by atoms with Crippen LogP contribution in [0.25, 0.3) is 0 Å². The van der Waals surface area contributed by atoms with Crippen LogP contribution in [0.5, 0.6) is 0 Å². The van der Waals surface area contributed by atoms with Gasteiger partial charge in [0, 0.05) is 0 Å². The highest BCUT2D eigenvalue weighted by Gasteiger charge is 2.19. The molecule has 0 saturated heterocycles. The standard InChI is InChI=1S/C13H20Si/c1-5-10-14(3,4)11-13-9-7-6-8-12(13)2/h5-9H,1,10-11H2,2-4H3. The molecule has 1 aromatic carbocycles. The minimum absolute atomic E-state index is 1.09. The van der Waals surface area contributed by atoms with Crippen LogP contribution >= 0.6 is 0 Å². The zero-order valence-corrected chi connectivity index (χ0v) is 10.5. The fourth-order valence-electron chi connectivity index (χ4n) is 1.79. The molecule has 0 atom stereocenters. The van der Waals surface area contributed by atoms with Crippen LogP contribution in [0.2, 0.25) is 19.1 Å². The van der Waals surface area contributed by atoms with Crippen LogP contribution in [-0.2, 0) is 6.04 Å². The molecule has 0 spiro atoms. The van der Waals surface area contributed by atoms with Gasteiger partial charge in [-0.05, 0) is 30.1 Å². The fraction of sp³-hybridized carbons (Fsp3) is 0.385. The van der Waals surface area contributed by atoms with Gasteiger partial charge in [-0.3, -0.25) is 0 Å². The van der Waals surface area contributed by atoms with E-state index in [0.717, 1.165) is 0 Å². The lowest BCUT2D eigenvalue weighted by atomic mass is 10.1. The zero-order valence-electron chi connectivity index (χ0n) is 9.51. The van der Waals surface area contributed by atoms with Crippen molar-refractivity contribution in [2.45, 2.75) is 32.1 Å². The molecular weight excluding hydrogens is 184 g/mol. The molecule has 0 heterocycles. The summed E-state index contributed by atoms with van der Waals surface area (Å²) in [4.78, 5) is 0. The highest BCUT2D eigenvalue weighted by Crippen LogP contribution is 2.19. The largest absolute Gasteiger partial charge is 0.103 e. The van der Waals surface area contributed by atoms with Gasteiger partial charge >= 0.3 is 0 Å². The molecular formula is C13H20Si. The Morgan fingerprint density at radius 3 is 2.50 bits per heavy atom. The van der Waals surface area contributed by atoms with Crippen LogP contribution in [0.1, 0.15) is 11.1 Å². The van der Waals surface area contributed by atoms with E-state index in [1.165, 1.54) is 23.2 Å². The predicted molar refractivity (Wildman–Crippen MR) is 67.4 cm³/mol. The first-order chi connectivity index (χ1) is 6.55. The number of aryl methyl sites for hydroxylation is 1. The van der Waals surface area contributed by atoms with E-state index in [-0.39, 0.29) is 0 Å². The summed E-state index contributed by atoms with van der Waals surface area (Å²) in [5.74, 6) is 0. The summed E-state index contributed by atoms with van der Waals surface area (Å²) in [7, 11) is -1.09. The third kappa shape index (κ3) is 3.15. The van der Waals surface area contributed by atoms with Gasteiger partial charge in [0.05, 0.1) is 8.07 Å². The van der Waals surface area contributed by atoms with Gasteiger partial charge in [0.2, 0.25) is 0 Å². The smallest absolute Gasteiger partial charge is 0.0555 e.